The van der Waals surface area contributed by atoms with Crippen LogP contribution in [-0.4, -0.2) is 47.0 Å². The Kier molecular flexibility index (Phi) is 4.84. The molecule has 8 heteroatoms. The Labute approximate surface area is 203 Å². The van der Waals surface area contributed by atoms with Gasteiger partial charge in [-0.3, -0.25) is 14.4 Å². The summed E-state index contributed by atoms with van der Waals surface area (Å²) in [5, 5.41) is 3.69. The minimum absolute atomic E-state index is 0.162. The van der Waals surface area contributed by atoms with Gasteiger partial charge in [-0.25, -0.2) is 9.98 Å². The van der Waals surface area contributed by atoms with E-state index in [1.807, 2.05) is 18.2 Å². The molecule has 1 unspecified atom stereocenters. The smallest absolute Gasteiger partial charge is 0.216 e. The summed E-state index contributed by atoms with van der Waals surface area (Å²) >= 11 is 0. The van der Waals surface area contributed by atoms with Gasteiger partial charge in [0.15, 0.2) is 11.5 Å². The number of aromatic nitrogens is 2. The van der Waals surface area contributed by atoms with Crippen molar-refractivity contribution in [3.63, 3.8) is 0 Å². The molecule has 1 aromatic heterocycles. The van der Waals surface area contributed by atoms with Crippen molar-refractivity contribution in [1.29, 1.82) is 0 Å². The van der Waals surface area contributed by atoms with Crippen molar-refractivity contribution in [3.8, 4) is 11.5 Å². The molecule has 4 heterocycles. The standard InChI is InChI=1S/C27H26N6O2/c1-2-7-19(8-3-1)16-31-17-28-26-30-25(20-11-12-23-24(15-20)35-14-6-13-34-23)33-22-10-5-4-9-21(22)29-27(33)32(26)18-31/h1-5,7-12,15,25H,6,13-14,16-18H2,(H,28,30). The zero-order valence-corrected chi connectivity index (χ0v) is 19.3. The van der Waals surface area contributed by atoms with Gasteiger partial charge >= 0.3 is 0 Å². The van der Waals surface area contributed by atoms with E-state index in [2.05, 4.69) is 74.3 Å². The second-order valence-corrected chi connectivity index (χ2v) is 9.08. The fourth-order valence-corrected chi connectivity index (χ4v) is 5.03. The highest BCUT2D eigenvalue weighted by atomic mass is 16.5. The lowest BCUT2D eigenvalue weighted by atomic mass is 10.1. The first-order valence-corrected chi connectivity index (χ1v) is 12.0. The lowest BCUT2D eigenvalue weighted by Crippen LogP contribution is -2.57. The number of hydrogen-bond acceptors (Lipinski definition) is 7. The average molecular weight is 467 g/mol. The molecule has 0 saturated carbocycles. The highest BCUT2D eigenvalue weighted by Crippen LogP contribution is 2.37. The quantitative estimate of drug-likeness (QED) is 0.493. The van der Waals surface area contributed by atoms with Gasteiger partial charge in [0.05, 0.1) is 37.6 Å². The Morgan fingerprint density at radius 2 is 1.74 bits per heavy atom. The molecule has 0 amide bonds. The van der Waals surface area contributed by atoms with Crippen LogP contribution >= 0.6 is 0 Å². The van der Waals surface area contributed by atoms with E-state index < -0.39 is 0 Å². The third-order valence-corrected chi connectivity index (χ3v) is 6.70. The van der Waals surface area contributed by atoms with Crippen LogP contribution in [0, 0.1) is 0 Å². The van der Waals surface area contributed by atoms with Crippen LogP contribution in [0.15, 0.2) is 77.8 Å². The molecule has 0 saturated heterocycles. The molecule has 8 nitrogen and oxygen atoms in total. The van der Waals surface area contributed by atoms with Gasteiger partial charge in [0.2, 0.25) is 11.9 Å². The van der Waals surface area contributed by atoms with Crippen LogP contribution in [0.5, 0.6) is 11.5 Å². The molecule has 0 bridgehead atoms. The number of imidazole rings is 1. The molecule has 1 atom stereocenters. The number of rotatable bonds is 3. The van der Waals surface area contributed by atoms with Crippen molar-refractivity contribution >= 4 is 22.9 Å². The largest absolute Gasteiger partial charge is 0.490 e. The molecule has 0 radical (unpaired) electrons. The van der Waals surface area contributed by atoms with Crippen molar-refractivity contribution in [1.82, 2.24) is 19.8 Å². The van der Waals surface area contributed by atoms with Crippen LogP contribution in [0.25, 0.3) is 11.0 Å². The molecular formula is C27H26N6O2. The van der Waals surface area contributed by atoms with E-state index in [0.29, 0.717) is 26.6 Å². The minimum Gasteiger partial charge on any atom is -0.490 e. The van der Waals surface area contributed by atoms with Crippen molar-refractivity contribution in [2.24, 2.45) is 4.99 Å². The fraction of sp³-hybridized carbons (Fsp3) is 0.259. The minimum atomic E-state index is -0.162. The number of fused-ring (bicyclic) bond motifs is 6. The van der Waals surface area contributed by atoms with Gasteiger partial charge in [0, 0.05) is 13.0 Å². The second kappa shape index (κ2) is 8.32. The zero-order valence-electron chi connectivity index (χ0n) is 19.3. The van der Waals surface area contributed by atoms with Crippen molar-refractivity contribution in [2.75, 3.05) is 31.5 Å². The summed E-state index contributed by atoms with van der Waals surface area (Å²) < 4.78 is 14.1. The van der Waals surface area contributed by atoms with Crippen LogP contribution in [-0.2, 0) is 6.54 Å². The number of benzene rings is 3. The molecule has 176 valence electrons. The summed E-state index contributed by atoms with van der Waals surface area (Å²) in [5.74, 6) is 3.31. The van der Waals surface area contributed by atoms with Crippen LogP contribution in [0.3, 0.4) is 0 Å². The SMILES string of the molecule is c1ccc(CN2CN=C3NC(c4ccc5c(c4)OCCCO5)n4c(nc5ccccc54)N3C2)cc1. The van der Waals surface area contributed by atoms with E-state index in [1.54, 1.807) is 0 Å². The number of nitrogens with one attached hydrogen (secondary N) is 1. The summed E-state index contributed by atoms with van der Waals surface area (Å²) in [7, 11) is 0. The molecule has 0 spiro atoms. The number of anilines is 1. The molecule has 4 aromatic rings. The molecule has 3 aliphatic rings. The second-order valence-electron chi connectivity index (χ2n) is 9.08. The lowest BCUT2D eigenvalue weighted by Gasteiger charge is -2.41. The van der Waals surface area contributed by atoms with Crippen LogP contribution in [0.4, 0.5) is 5.95 Å². The van der Waals surface area contributed by atoms with Crippen LogP contribution in [0.1, 0.15) is 23.7 Å². The maximum absolute atomic E-state index is 5.99. The van der Waals surface area contributed by atoms with Crippen LogP contribution in [0.2, 0.25) is 0 Å². The zero-order chi connectivity index (χ0) is 23.2. The molecular weight excluding hydrogens is 440 g/mol. The Hall–Kier alpha value is -4.04. The number of para-hydroxylation sites is 2. The van der Waals surface area contributed by atoms with E-state index in [4.69, 9.17) is 19.5 Å². The van der Waals surface area contributed by atoms with Gasteiger partial charge in [-0.15, -0.1) is 0 Å². The van der Waals surface area contributed by atoms with E-state index in [0.717, 1.165) is 53.0 Å². The molecule has 0 aliphatic carbocycles. The van der Waals surface area contributed by atoms with Crippen molar-refractivity contribution in [3.05, 3.63) is 83.9 Å². The van der Waals surface area contributed by atoms with Gasteiger partial charge in [-0.1, -0.05) is 48.5 Å². The first kappa shape index (κ1) is 20.3. The van der Waals surface area contributed by atoms with E-state index in [9.17, 15) is 0 Å². The third kappa shape index (κ3) is 3.57. The molecule has 3 aliphatic heterocycles. The summed E-state index contributed by atoms with van der Waals surface area (Å²) in [6.07, 6.45) is 0.720. The van der Waals surface area contributed by atoms with Gasteiger partial charge in [0.25, 0.3) is 0 Å². The normalized spacial score (nSPS) is 19.4. The molecule has 1 N–H and O–H groups in total. The number of ether oxygens (including phenoxy) is 2. The predicted octanol–water partition coefficient (Wildman–Crippen LogP) is 3.94. The molecule has 35 heavy (non-hydrogen) atoms. The number of nitrogens with zero attached hydrogens (tertiary/aromatic N) is 5. The average Bonchev–Trinajstić information content (AvgIpc) is 3.13. The summed E-state index contributed by atoms with van der Waals surface area (Å²) in [5.41, 5.74) is 4.39. The maximum atomic E-state index is 5.99. The maximum Gasteiger partial charge on any atom is 0.216 e. The number of aliphatic imine (C=N–C) groups is 1. The third-order valence-electron chi connectivity index (χ3n) is 6.70. The highest BCUT2D eigenvalue weighted by molar-refractivity contribution is 5.98. The fourth-order valence-electron chi connectivity index (χ4n) is 5.03. The monoisotopic (exact) mass is 466 g/mol. The molecule has 3 aromatic carbocycles. The van der Waals surface area contributed by atoms with Gasteiger partial charge in [-0.05, 0) is 35.4 Å². The van der Waals surface area contributed by atoms with Gasteiger partial charge < -0.3 is 14.8 Å². The Morgan fingerprint density at radius 3 is 2.66 bits per heavy atom. The van der Waals surface area contributed by atoms with Crippen LogP contribution < -0.4 is 19.7 Å². The molecule has 0 fully saturated rings. The Morgan fingerprint density at radius 1 is 0.914 bits per heavy atom. The Balaban J connectivity index is 1.29. The van der Waals surface area contributed by atoms with Gasteiger partial charge in [0.1, 0.15) is 6.17 Å². The highest BCUT2D eigenvalue weighted by Gasteiger charge is 2.36. The first-order valence-electron chi connectivity index (χ1n) is 12.0. The summed E-state index contributed by atoms with van der Waals surface area (Å²) in [6, 6.07) is 25.0. The van der Waals surface area contributed by atoms with Crippen molar-refractivity contribution in [2.45, 2.75) is 19.1 Å². The number of hydrogen-bond donors (Lipinski definition) is 1. The predicted molar refractivity (Wildman–Crippen MR) is 135 cm³/mol. The number of guanidine groups is 1. The van der Waals surface area contributed by atoms with Crippen molar-refractivity contribution < 1.29 is 9.47 Å². The van der Waals surface area contributed by atoms with E-state index in [-0.39, 0.29) is 6.17 Å². The summed E-state index contributed by atoms with van der Waals surface area (Å²) in [4.78, 5) is 14.5. The molecule has 7 rings (SSSR count). The van der Waals surface area contributed by atoms with E-state index >= 15 is 0 Å². The lowest BCUT2D eigenvalue weighted by molar-refractivity contribution is 0.264. The van der Waals surface area contributed by atoms with E-state index in [1.165, 1.54) is 5.56 Å². The first-order chi connectivity index (χ1) is 17.3. The Bertz CT molecular complexity index is 1420. The topological polar surface area (TPSA) is 67.2 Å². The summed E-state index contributed by atoms with van der Waals surface area (Å²) in [6.45, 7) is 3.50. The van der Waals surface area contributed by atoms with Gasteiger partial charge in [-0.2, -0.15) is 0 Å².